The highest BCUT2D eigenvalue weighted by molar-refractivity contribution is 6.30. The second kappa shape index (κ2) is 7.94. The molecule has 0 saturated carbocycles. The second-order valence-electron chi connectivity index (χ2n) is 7.28. The Labute approximate surface area is 159 Å². The zero-order valence-electron chi connectivity index (χ0n) is 15.1. The minimum Gasteiger partial charge on any atom is -0.373 e. The van der Waals surface area contributed by atoms with E-state index in [2.05, 4.69) is 4.90 Å². The van der Waals surface area contributed by atoms with Gasteiger partial charge in [0.25, 0.3) is 0 Å². The predicted molar refractivity (Wildman–Crippen MR) is 99.6 cm³/mol. The SMILES string of the molecule is CC(C(N)=O)N1CCC2(CC1)CN(Cc1cccc(Cl)c1)C(=O)CCO2. The molecule has 0 aromatic heterocycles. The number of likely N-dealkylation sites (tertiary alicyclic amines) is 1. The first-order chi connectivity index (χ1) is 12.4. The van der Waals surface area contributed by atoms with Crippen LogP contribution in [0.4, 0.5) is 0 Å². The molecule has 2 aliphatic rings. The number of ether oxygens (including phenoxy) is 1. The third kappa shape index (κ3) is 4.37. The van der Waals surface area contributed by atoms with E-state index in [9.17, 15) is 9.59 Å². The van der Waals surface area contributed by atoms with Crippen molar-refractivity contribution in [2.45, 2.75) is 44.4 Å². The summed E-state index contributed by atoms with van der Waals surface area (Å²) in [5, 5.41) is 0.671. The fraction of sp³-hybridized carbons (Fsp3) is 0.579. The Morgan fingerprint density at radius 3 is 2.77 bits per heavy atom. The highest BCUT2D eigenvalue weighted by atomic mass is 35.5. The maximum Gasteiger partial charge on any atom is 0.234 e. The number of carbonyl (C=O) groups is 2. The lowest BCUT2D eigenvalue weighted by Gasteiger charge is -2.43. The van der Waals surface area contributed by atoms with E-state index in [0.29, 0.717) is 31.1 Å². The number of hydrogen-bond acceptors (Lipinski definition) is 4. The quantitative estimate of drug-likeness (QED) is 0.865. The molecule has 1 aromatic rings. The Kier molecular flexibility index (Phi) is 5.85. The van der Waals surface area contributed by atoms with Crippen LogP contribution >= 0.6 is 11.6 Å². The monoisotopic (exact) mass is 379 g/mol. The number of nitrogens with two attached hydrogens (primary N) is 1. The van der Waals surface area contributed by atoms with Crippen molar-refractivity contribution >= 4 is 23.4 Å². The zero-order valence-corrected chi connectivity index (χ0v) is 15.9. The van der Waals surface area contributed by atoms with Gasteiger partial charge in [0.15, 0.2) is 0 Å². The molecule has 142 valence electrons. The summed E-state index contributed by atoms with van der Waals surface area (Å²) < 4.78 is 6.15. The Bertz CT molecular complexity index is 674. The van der Waals surface area contributed by atoms with Crippen LogP contribution in [0.5, 0.6) is 0 Å². The minimum atomic E-state index is -0.349. The van der Waals surface area contributed by atoms with Crippen molar-refractivity contribution in [1.29, 1.82) is 0 Å². The van der Waals surface area contributed by atoms with E-state index in [4.69, 9.17) is 22.1 Å². The van der Waals surface area contributed by atoms with E-state index < -0.39 is 0 Å². The Balaban J connectivity index is 1.69. The van der Waals surface area contributed by atoms with E-state index in [-0.39, 0.29) is 23.5 Å². The molecule has 0 aliphatic carbocycles. The fourth-order valence-electron chi connectivity index (χ4n) is 3.80. The molecule has 1 atom stereocenters. The van der Waals surface area contributed by atoms with Crippen molar-refractivity contribution in [2.75, 3.05) is 26.2 Å². The molecule has 3 rings (SSSR count). The molecule has 2 aliphatic heterocycles. The van der Waals surface area contributed by atoms with Crippen molar-refractivity contribution in [3.8, 4) is 0 Å². The second-order valence-corrected chi connectivity index (χ2v) is 7.71. The number of nitrogens with zero attached hydrogens (tertiary/aromatic N) is 2. The number of amides is 2. The lowest BCUT2D eigenvalue weighted by Crippen LogP contribution is -2.55. The largest absolute Gasteiger partial charge is 0.373 e. The molecule has 0 radical (unpaired) electrons. The number of benzene rings is 1. The smallest absolute Gasteiger partial charge is 0.234 e. The molecule has 2 N–H and O–H groups in total. The van der Waals surface area contributed by atoms with Gasteiger partial charge in [-0.2, -0.15) is 0 Å². The average molecular weight is 380 g/mol. The third-order valence-electron chi connectivity index (χ3n) is 5.49. The molecular weight excluding hydrogens is 354 g/mol. The summed E-state index contributed by atoms with van der Waals surface area (Å²) in [6.07, 6.45) is 1.96. The van der Waals surface area contributed by atoms with Gasteiger partial charge in [-0.15, -0.1) is 0 Å². The van der Waals surface area contributed by atoms with Crippen LogP contribution in [0.1, 0.15) is 31.7 Å². The molecule has 7 heteroatoms. The van der Waals surface area contributed by atoms with Crippen molar-refractivity contribution in [2.24, 2.45) is 5.73 Å². The van der Waals surface area contributed by atoms with Crippen LogP contribution in [0.2, 0.25) is 5.02 Å². The molecule has 2 saturated heterocycles. The van der Waals surface area contributed by atoms with Crippen molar-refractivity contribution in [3.63, 3.8) is 0 Å². The maximum absolute atomic E-state index is 12.5. The van der Waals surface area contributed by atoms with Crippen LogP contribution in [-0.2, 0) is 20.9 Å². The number of piperidine rings is 1. The van der Waals surface area contributed by atoms with Gasteiger partial charge in [0.05, 0.1) is 31.2 Å². The highest BCUT2D eigenvalue weighted by Crippen LogP contribution is 2.31. The summed E-state index contributed by atoms with van der Waals surface area (Å²) in [5.74, 6) is -0.199. The molecular formula is C19H26ClN3O3. The molecule has 1 spiro atoms. The molecule has 26 heavy (non-hydrogen) atoms. The fourth-order valence-corrected chi connectivity index (χ4v) is 4.01. The van der Waals surface area contributed by atoms with Crippen LogP contribution in [0.25, 0.3) is 0 Å². The van der Waals surface area contributed by atoms with E-state index in [1.165, 1.54) is 0 Å². The Morgan fingerprint density at radius 2 is 2.12 bits per heavy atom. The summed E-state index contributed by atoms with van der Waals surface area (Å²) >= 11 is 6.07. The maximum atomic E-state index is 12.5. The first kappa shape index (κ1) is 19.1. The number of carbonyl (C=O) groups excluding carboxylic acids is 2. The third-order valence-corrected chi connectivity index (χ3v) is 5.72. The predicted octanol–water partition coefficient (Wildman–Crippen LogP) is 1.80. The van der Waals surface area contributed by atoms with Gasteiger partial charge in [-0.25, -0.2) is 0 Å². The summed E-state index contributed by atoms with van der Waals surface area (Å²) in [6, 6.07) is 7.33. The number of halogens is 1. The van der Waals surface area contributed by atoms with Gasteiger partial charge in [-0.3, -0.25) is 14.5 Å². The van der Waals surface area contributed by atoms with E-state index >= 15 is 0 Å². The first-order valence-electron chi connectivity index (χ1n) is 9.08. The first-order valence-corrected chi connectivity index (χ1v) is 9.46. The summed E-state index contributed by atoms with van der Waals surface area (Å²) in [4.78, 5) is 27.9. The van der Waals surface area contributed by atoms with Gasteiger partial charge in [-0.05, 0) is 37.5 Å². The molecule has 1 aromatic carbocycles. The zero-order chi connectivity index (χ0) is 18.7. The summed E-state index contributed by atoms with van der Waals surface area (Å²) in [6.45, 7) is 4.86. The van der Waals surface area contributed by atoms with E-state index in [1.807, 2.05) is 36.1 Å². The van der Waals surface area contributed by atoms with Gasteiger partial charge in [0.2, 0.25) is 11.8 Å². The Hall–Kier alpha value is -1.63. The van der Waals surface area contributed by atoms with Gasteiger partial charge < -0.3 is 15.4 Å². The molecule has 1 unspecified atom stereocenters. The van der Waals surface area contributed by atoms with Crippen molar-refractivity contribution in [3.05, 3.63) is 34.9 Å². The topological polar surface area (TPSA) is 75.9 Å². The van der Waals surface area contributed by atoms with Gasteiger partial charge >= 0.3 is 0 Å². The van der Waals surface area contributed by atoms with Gasteiger partial charge in [0, 0.05) is 24.7 Å². The standard InChI is InChI=1S/C19H26ClN3O3/c1-14(18(21)25)22-8-6-19(7-9-22)13-23(17(24)5-10-26-19)12-15-3-2-4-16(20)11-15/h2-4,11,14H,5-10,12-13H2,1H3,(H2,21,25). The molecule has 2 fully saturated rings. The lowest BCUT2D eigenvalue weighted by molar-refractivity contribution is -0.133. The van der Waals surface area contributed by atoms with Crippen molar-refractivity contribution < 1.29 is 14.3 Å². The van der Waals surface area contributed by atoms with Gasteiger partial charge in [-0.1, -0.05) is 23.7 Å². The molecule has 2 amide bonds. The molecule has 0 bridgehead atoms. The van der Waals surface area contributed by atoms with Crippen LogP contribution < -0.4 is 5.73 Å². The minimum absolute atomic E-state index is 0.106. The number of rotatable bonds is 4. The van der Waals surface area contributed by atoms with Crippen LogP contribution in [-0.4, -0.2) is 59.5 Å². The van der Waals surface area contributed by atoms with Crippen LogP contribution in [0, 0.1) is 0 Å². The summed E-state index contributed by atoms with van der Waals surface area (Å²) in [5.41, 5.74) is 6.09. The number of primary amides is 1. The molecule has 6 nitrogen and oxygen atoms in total. The highest BCUT2D eigenvalue weighted by Gasteiger charge is 2.41. The lowest BCUT2D eigenvalue weighted by atomic mass is 9.89. The summed E-state index contributed by atoms with van der Waals surface area (Å²) in [7, 11) is 0. The Morgan fingerprint density at radius 1 is 1.38 bits per heavy atom. The molecule has 2 heterocycles. The van der Waals surface area contributed by atoms with E-state index in [1.54, 1.807) is 0 Å². The van der Waals surface area contributed by atoms with E-state index in [0.717, 1.165) is 31.5 Å². The van der Waals surface area contributed by atoms with Crippen LogP contribution in [0.3, 0.4) is 0 Å². The van der Waals surface area contributed by atoms with Crippen LogP contribution in [0.15, 0.2) is 24.3 Å². The van der Waals surface area contributed by atoms with Gasteiger partial charge in [0.1, 0.15) is 0 Å². The normalized spacial score (nSPS) is 22.2. The van der Waals surface area contributed by atoms with Crippen molar-refractivity contribution in [1.82, 2.24) is 9.80 Å². The number of hydrogen-bond donors (Lipinski definition) is 1. The average Bonchev–Trinajstić information content (AvgIpc) is 2.74.